The van der Waals surface area contributed by atoms with Crippen LogP contribution in [0.25, 0.3) is 0 Å². The lowest BCUT2D eigenvalue weighted by molar-refractivity contribution is -0.144. The molecule has 3 nitrogen and oxygen atoms in total. The van der Waals surface area contributed by atoms with Gasteiger partial charge >= 0.3 is 6.18 Å². The number of aryl methyl sites for hydroxylation is 1. The molecule has 1 aromatic rings. The van der Waals surface area contributed by atoms with E-state index in [1.165, 1.54) is 4.90 Å². The van der Waals surface area contributed by atoms with Crippen LogP contribution in [0.5, 0.6) is 0 Å². The molecule has 110 valence electrons. The Labute approximate surface area is 115 Å². The molecule has 20 heavy (non-hydrogen) atoms. The summed E-state index contributed by atoms with van der Waals surface area (Å²) in [6.45, 7) is 1.80. The number of halogens is 3. The number of rotatable bonds is 4. The standard InChI is InChI=1S/C14H17F3N2O/c1-2-10-3-5-11(6-4-10)13-18-9-12(20)19(13)8-7-14(15,16)17/h3-6,13,18H,2,7-9H2,1H3. The molecule has 1 N–H and O–H groups in total. The van der Waals surface area contributed by atoms with Crippen molar-refractivity contribution in [3.63, 3.8) is 0 Å². The van der Waals surface area contributed by atoms with Crippen molar-refractivity contribution in [1.82, 2.24) is 10.2 Å². The first kappa shape index (κ1) is 14.8. The third kappa shape index (κ3) is 3.50. The molecule has 1 heterocycles. The Hall–Kier alpha value is -1.56. The van der Waals surface area contributed by atoms with Gasteiger partial charge in [0.2, 0.25) is 5.91 Å². The second-order valence-electron chi connectivity index (χ2n) is 4.83. The average Bonchev–Trinajstić information content (AvgIpc) is 2.77. The minimum atomic E-state index is -4.25. The van der Waals surface area contributed by atoms with Crippen LogP contribution in [0.2, 0.25) is 0 Å². The van der Waals surface area contributed by atoms with Gasteiger partial charge in [-0.05, 0) is 17.5 Å². The number of amides is 1. The van der Waals surface area contributed by atoms with Gasteiger partial charge in [0.15, 0.2) is 0 Å². The molecule has 1 atom stereocenters. The SMILES string of the molecule is CCc1ccc(C2NCC(=O)N2CCC(F)(F)F)cc1. The highest BCUT2D eigenvalue weighted by molar-refractivity contribution is 5.80. The zero-order valence-corrected chi connectivity index (χ0v) is 11.2. The van der Waals surface area contributed by atoms with Gasteiger partial charge in [-0.1, -0.05) is 31.2 Å². The summed E-state index contributed by atoms with van der Waals surface area (Å²) in [7, 11) is 0. The van der Waals surface area contributed by atoms with Crippen molar-refractivity contribution in [2.45, 2.75) is 32.1 Å². The first-order chi connectivity index (χ1) is 9.40. The molecular weight excluding hydrogens is 269 g/mol. The van der Waals surface area contributed by atoms with E-state index in [2.05, 4.69) is 5.32 Å². The second kappa shape index (κ2) is 5.83. The van der Waals surface area contributed by atoms with Gasteiger partial charge in [-0.25, -0.2) is 0 Å². The molecule has 1 aliphatic heterocycles. The Morgan fingerprint density at radius 2 is 1.95 bits per heavy atom. The van der Waals surface area contributed by atoms with Crippen LogP contribution < -0.4 is 5.32 Å². The molecular formula is C14H17F3N2O. The molecule has 1 amide bonds. The normalized spacial score (nSPS) is 19.7. The first-order valence-electron chi connectivity index (χ1n) is 6.59. The summed E-state index contributed by atoms with van der Waals surface area (Å²) in [5.74, 6) is -0.293. The Bertz CT molecular complexity index is 470. The van der Waals surface area contributed by atoms with Crippen molar-refractivity contribution >= 4 is 5.91 Å². The molecule has 6 heteroatoms. The van der Waals surface area contributed by atoms with E-state index >= 15 is 0 Å². The molecule has 1 aromatic carbocycles. The summed E-state index contributed by atoms with van der Waals surface area (Å²) >= 11 is 0. The third-order valence-corrected chi connectivity index (χ3v) is 3.42. The minimum absolute atomic E-state index is 0.0814. The maximum Gasteiger partial charge on any atom is 0.390 e. The predicted molar refractivity (Wildman–Crippen MR) is 68.9 cm³/mol. The van der Waals surface area contributed by atoms with Crippen molar-refractivity contribution in [2.24, 2.45) is 0 Å². The van der Waals surface area contributed by atoms with E-state index < -0.39 is 18.8 Å². The second-order valence-corrected chi connectivity index (χ2v) is 4.83. The fourth-order valence-corrected chi connectivity index (χ4v) is 2.27. The molecule has 2 rings (SSSR count). The summed E-state index contributed by atoms with van der Waals surface area (Å²) in [6, 6.07) is 7.58. The molecule has 1 saturated heterocycles. The molecule has 1 fully saturated rings. The van der Waals surface area contributed by atoms with Crippen LogP contribution in [0.3, 0.4) is 0 Å². The number of hydrogen-bond donors (Lipinski definition) is 1. The van der Waals surface area contributed by atoms with E-state index in [1.807, 2.05) is 31.2 Å². The van der Waals surface area contributed by atoms with Gasteiger partial charge in [-0.2, -0.15) is 13.2 Å². The maximum atomic E-state index is 12.3. The van der Waals surface area contributed by atoms with Crippen LogP contribution >= 0.6 is 0 Å². The Morgan fingerprint density at radius 3 is 2.50 bits per heavy atom. The van der Waals surface area contributed by atoms with Gasteiger partial charge in [0.1, 0.15) is 6.17 Å². The number of nitrogens with one attached hydrogen (secondary N) is 1. The number of benzene rings is 1. The highest BCUT2D eigenvalue weighted by Crippen LogP contribution is 2.26. The van der Waals surface area contributed by atoms with Gasteiger partial charge in [-0.3, -0.25) is 10.1 Å². The molecule has 0 saturated carbocycles. The van der Waals surface area contributed by atoms with E-state index in [1.54, 1.807) is 0 Å². The summed E-state index contributed by atoms with van der Waals surface area (Å²) in [5, 5.41) is 2.96. The fraction of sp³-hybridized carbons (Fsp3) is 0.500. The quantitative estimate of drug-likeness (QED) is 0.923. The lowest BCUT2D eigenvalue weighted by Gasteiger charge is -2.25. The zero-order chi connectivity index (χ0) is 14.8. The maximum absolute atomic E-state index is 12.3. The van der Waals surface area contributed by atoms with Gasteiger partial charge < -0.3 is 4.90 Å². The topological polar surface area (TPSA) is 32.3 Å². The largest absolute Gasteiger partial charge is 0.390 e. The Balaban J connectivity index is 2.10. The summed E-state index contributed by atoms with van der Waals surface area (Å²) in [4.78, 5) is 13.0. The van der Waals surface area contributed by atoms with Crippen molar-refractivity contribution in [1.29, 1.82) is 0 Å². The molecule has 0 aromatic heterocycles. The van der Waals surface area contributed by atoms with Crippen LogP contribution in [0.4, 0.5) is 13.2 Å². The first-order valence-corrected chi connectivity index (χ1v) is 6.59. The lowest BCUT2D eigenvalue weighted by atomic mass is 10.1. The minimum Gasteiger partial charge on any atom is -0.321 e. The van der Waals surface area contributed by atoms with Gasteiger partial charge in [0.25, 0.3) is 0 Å². The number of alkyl halides is 3. The predicted octanol–water partition coefficient (Wildman–Crippen LogP) is 2.63. The van der Waals surface area contributed by atoms with E-state index in [0.717, 1.165) is 17.5 Å². The number of carbonyl (C=O) groups is 1. The highest BCUT2D eigenvalue weighted by Gasteiger charge is 2.35. The van der Waals surface area contributed by atoms with Crippen molar-refractivity contribution in [2.75, 3.05) is 13.1 Å². The summed E-state index contributed by atoms with van der Waals surface area (Å²) in [5.41, 5.74) is 1.97. The molecule has 0 aliphatic carbocycles. The summed E-state index contributed by atoms with van der Waals surface area (Å²) < 4.78 is 36.9. The molecule has 1 unspecified atom stereocenters. The van der Waals surface area contributed by atoms with Crippen LogP contribution in [-0.2, 0) is 11.2 Å². The van der Waals surface area contributed by atoms with Crippen LogP contribution in [0, 0.1) is 0 Å². The summed E-state index contributed by atoms with van der Waals surface area (Å²) in [6.07, 6.45) is -4.80. The van der Waals surface area contributed by atoms with Crippen LogP contribution in [0.15, 0.2) is 24.3 Å². The molecule has 0 spiro atoms. The van der Waals surface area contributed by atoms with Gasteiger partial charge in [0, 0.05) is 6.54 Å². The van der Waals surface area contributed by atoms with Gasteiger partial charge in [-0.15, -0.1) is 0 Å². The van der Waals surface area contributed by atoms with Crippen molar-refractivity contribution in [3.05, 3.63) is 35.4 Å². The lowest BCUT2D eigenvalue weighted by Crippen LogP contribution is -2.33. The smallest absolute Gasteiger partial charge is 0.321 e. The van der Waals surface area contributed by atoms with E-state index in [0.29, 0.717) is 0 Å². The van der Waals surface area contributed by atoms with Crippen molar-refractivity contribution < 1.29 is 18.0 Å². The van der Waals surface area contributed by atoms with E-state index in [-0.39, 0.29) is 19.0 Å². The number of nitrogens with zero attached hydrogens (tertiary/aromatic N) is 1. The van der Waals surface area contributed by atoms with E-state index in [4.69, 9.17) is 0 Å². The number of hydrogen-bond acceptors (Lipinski definition) is 2. The zero-order valence-electron chi connectivity index (χ0n) is 11.2. The Kier molecular flexibility index (Phi) is 4.32. The molecule has 0 radical (unpaired) electrons. The average molecular weight is 286 g/mol. The van der Waals surface area contributed by atoms with Crippen LogP contribution in [0.1, 0.15) is 30.6 Å². The molecule has 0 bridgehead atoms. The van der Waals surface area contributed by atoms with Crippen LogP contribution in [-0.4, -0.2) is 30.1 Å². The third-order valence-electron chi connectivity index (χ3n) is 3.42. The monoisotopic (exact) mass is 286 g/mol. The molecule has 1 aliphatic rings. The Morgan fingerprint density at radius 1 is 1.30 bits per heavy atom. The van der Waals surface area contributed by atoms with Crippen molar-refractivity contribution in [3.8, 4) is 0 Å². The fourth-order valence-electron chi connectivity index (χ4n) is 2.27. The van der Waals surface area contributed by atoms with E-state index in [9.17, 15) is 18.0 Å². The van der Waals surface area contributed by atoms with Gasteiger partial charge in [0.05, 0.1) is 13.0 Å². The highest BCUT2D eigenvalue weighted by atomic mass is 19.4. The number of carbonyl (C=O) groups excluding carboxylic acids is 1.